The molecule has 0 unspecified atom stereocenters. The van der Waals surface area contributed by atoms with E-state index >= 15 is 0 Å². The lowest BCUT2D eigenvalue weighted by molar-refractivity contribution is -0.511. The molecule has 0 aromatic carbocycles. The van der Waals surface area contributed by atoms with Crippen LogP contribution in [0.2, 0.25) is 0 Å². The zero-order valence-corrected chi connectivity index (χ0v) is 6.74. The summed E-state index contributed by atoms with van der Waals surface area (Å²) in [5.74, 6) is 0. The van der Waals surface area contributed by atoms with E-state index in [4.69, 9.17) is 5.11 Å². The zero-order valence-electron chi connectivity index (χ0n) is 6.74. The minimum Gasteiger partial charge on any atom is -0.379 e. The molecule has 66 valence electrons. The Bertz CT molecular complexity index is 133. The molecule has 1 fully saturated rings. The second kappa shape index (κ2) is 4.25. The van der Waals surface area contributed by atoms with Gasteiger partial charge in [-0.25, -0.2) is 0 Å². The van der Waals surface area contributed by atoms with Crippen molar-refractivity contribution >= 4 is 0 Å². The quantitative estimate of drug-likeness (QED) is 0.461. The monoisotopic (exact) mass is 163 g/mol. The van der Waals surface area contributed by atoms with Gasteiger partial charge in [0.05, 0.1) is 13.2 Å². The third-order valence-electron chi connectivity index (χ3n) is 1.16. The van der Waals surface area contributed by atoms with E-state index in [2.05, 4.69) is 4.74 Å². The Morgan fingerprint density at radius 1 is 1.64 bits per heavy atom. The normalized spacial score (nSPS) is 19.2. The van der Waals surface area contributed by atoms with E-state index in [1.165, 1.54) is 0 Å². The molecular formula is C6H13NO4. The van der Waals surface area contributed by atoms with Gasteiger partial charge >= 0.3 is 0 Å². The maximum Gasteiger partial charge on any atom is 0.236 e. The molecule has 5 heteroatoms. The number of rotatable bonds is 2. The Labute approximate surface area is 65.1 Å². The van der Waals surface area contributed by atoms with Gasteiger partial charge in [-0.1, -0.05) is 13.8 Å². The molecule has 0 spiro atoms. The molecule has 0 aromatic rings. The zero-order chi connectivity index (χ0) is 8.91. The van der Waals surface area contributed by atoms with Crippen LogP contribution < -0.4 is 0 Å². The topological polar surface area (TPSA) is 72.6 Å². The van der Waals surface area contributed by atoms with E-state index in [9.17, 15) is 10.1 Å². The predicted octanol–water partition coefficient (Wildman–Crippen LogP) is 0.0506. The summed E-state index contributed by atoms with van der Waals surface area (Å²) in [4.78, 5) is 9.26. The van der Waals surface area contributed by atoms with Gasteiger partial charge in [-0.2, -0.15) is 0 Å². The highest BCUT2D eigenvalue weighted by molar-refractivity contribution is 4.83. The second-order valence-electron chi connectivity index (χ2n) is 2.21. The van der Waals surface area contributed by atoms with Gasteiger partial charge in [0.25, 0.3) is 0 Å². The molecule has 0 aliphatic carbocycles. The maximum atomic E-state index is 9.80. The molecule has 1 rings (SSSR count). The van der Waals surface area contributed by atoms with Gasteiger partial charge in [-0.05, 0) is 0 Å². The molecule has 0 amide bonds. The third-order valence-corrected chi connectivity index (χ3v) is 1.16. The Hall–Kier alpha value is -0.680. The van der Waals surface area contributed by atoms with Gasteiger partial charge in [-0.15, -0.1) is 0 Å². The van der Waals surface area contributed by atoms with Crippen molar-refractivity contribution in [2.24, 2.45) is 0 Å². The molecule has 5 nitrogen and oxygen atoms in total. The molecule has 1 aliphatic heterocycles. The molecule has 0 saturated carbocycles. The lowest BCUT2D eigenvalue weighted by Gasteiger charge is -2.32. The molecule has 0 aromatic heterocycles. The van der Waals surface area contributed by atoms with Gasteiger partial charge < -0.3 is 9.84 Å². The van der Waals surface area contributed by atoms with Crippen molar-refractivity contribution in [3.05, 3.63) is 10.1 Å². The number of hydrogen-bond donors (Lipinski definition) is 1. The summed E-state index contributed by atoms with van der Waals surface area (Å²) < 4.78 is 4.58. The Morgan fingerprint density at radius 3 is 2.18 bits per heavy atom. The summed E-state index contributed by atoms with van der Waals surface area (Å²) in [6.45, 7) is 3.77. The molecule has 0 radical (unpaired) electrons. The van der Waals surface area contributed by atoms with Gasteiger partial charge in [-0.3, -0.25) is 10.1 Å². The standard InChI is InChI=1S/C4H7NO4.C2H6/c6-4(1-5(7)8)2-9-3-4;1-2/h6H,1-3H2;1-2H3. The fourth-order valence-electron chi connectivity index (χ4n) is 0.669. The lowest BCUT2D eigenvalue weighted by Crippen LogP contribution is -2.54. The summed E-state index contributed by atoms with van der Waals surface area (Å²) in [5, 5.41) is 18.8. The number of nitro groups is 1. The predicted molar refractivity (Wildman–Crippen MR) is 39.0 cm³/mol. The van der Waals surface area contributed by atoms with Crippen LogP contribution in [0.15, 0.2) is 0 Å². The average Bonchev–Trinajstić information content (AvgIpc) is 1.88. The second-order valence-corrected chi connectivity index (χ2v) is 2.21. The van der Waals surface area contributed by atoms with Gasteiger partial charge in [0, 0.05) is 4.92 Å². The Morgan fingerprint density at radius 2 is 2.09 bits per heavy atom. The van der Waals surface area contributed by atoms with Crippen molar-refractivity contribution < 1.29 is 14.8 Å². The van der Waals surface area contributed by atoms with Crippen LogP contribution in [0.3, 0.4) is 0 Å². The van der Waals surface area contributed by atoms with Crippen molar-refractivity contribution in [1.29, 1.82) is 0 Å². The number of nitrogens with zero attached hydrogens (tertiary/aromatic N) is 1. The van der Waals surface area contributed by atoms with Crippen molar-refractivity contribution in [3.63, 3.8) is 0 Å². The summed E-state index contributed by atoms with van der Waals surface area (Å²) in [5.41, 5.74) is -1.18. The van der Waals surface area contributed by atoms with Crippen LogP contribution >= 0.6 is 0 Å². The average molecular weight is 163 g/mol. The highest BCUT2D eigenvalue weighted by Gasteiger charge is 2.41. The Balaban J connectivity index is 0.000000461. The summed E-state index contributed by atoms with van der Waals surface area (Å²) >= 11 is 0. The van der Waals surface area contributed by atoms with Gasteiger partial charge in [0.2, 0.25) is 6.54 Å². The molecule has 1 heterocycles. The van der Waals surface area contributed by atoms with E-state index in [0.717, 1.165) is 0 Å². The first-order valence-electron chi connectivity index (χ1n) is 3.54. The molecule has 0 atom stereocenters. The fourth-order valence-corrected chi connectivity index (χ4v) is 0.669. The highest BCUT2D eigenvalue weighted by atomic mass is 16.6. The minimum absolute atomic E-state index is 0.0913. The van der Waals surface area contributed by atoms with Crippen molar-refractivity contribution in [2.75, 3.05) is 19.8 Å². The van der Waals surface area contributed by atoms with Gasteiger partial charge in [0.15, 0.2) is 5.60 Å². The molecule has 1 aliphatic rings. The van der Waals surface area contributed by atoms with E-state index in [1.54, 1.807) is 0 Å². The van der Waals surface area contributed by atoms with Crippen LogP contribution in [0.5, 0.6) is 0 Å². The summed E-state index contributed by atoms with van der Waals surface area (Å²) in [6.07, 6.45) is 0. The first-order chi connectivity index (χ1) is 5.12. The fraction of sp³-hybridized carbons (Fsp3) is 1.00. The maximum absolute atomic E-state index is 9.80. The number of hydrogen-bond acceptors (Lipinski definition) is 4. The lowest BCUT2D eigenvalue weighted by atomic mass is 10.0. The SMILES string of the molecule is CC.O=[N+]([O-])CC1(O)COC1. The molecule has 1 saturated heterocycles. The van der Waals surface area contributed by atoms with Crippen LogP contribution in [-0.4, -0.2) is 35.4 Å². The van der Waals surface area contributed by atoms with Crippen molar-refractivity contribution in [2.45, 2.75) is 19.4 Å². The van der Waals surface area contributed by atoms with Crippen LogP contribution in [0.1, 0.15) is 13.8 Å². The molecule has 1 N–H and O–H groups in total. The van der Waals surface area contributed by atoms with Crippen molar-refractivity contribution in [3.8, 4) is 0 Å². The van der Waals surface area contributed by atoms with E-state index in [-0.39, 0.29) is 13.2 Å². The van der Waals surface area contributed by atoms with Crippen molar-refractivity contribution in [1.82, 2.24) is 0 Å². The first-order valence-corrected chi connectivity index (χ1v) is 3.54. The molecule has 11 heavy (non-hydrogen) atoms. The van der Waals surface area contributed by atoms with Crippen LogP contribution in [0.25, 0.3) is 0 Å². The smallest absolute Gasteiger partial charge is 0.236 e. The minimum atomic E-state index is -1.18. The molecule has 0 bridgehead atoms. The largest absolute Gasteiger partial charge is 0.379 e. The number of aliphatic hydroxyl groups is 1. The highest BCUT2D eigenvalue weighted by Crippen LogP contribution is 2.15. The van der Waals surface area contributed by atoms with E-state index in [0.29, 0.717) is 0 Å². The summed E-state index contributed by atoms with van der Waals surface area (Å²) in [7, 11) is 0. The Kier molecular flexibility index (Phi) is 3.99. The summed E-state index contributed by atoms with van der Waals surface area (Å²) in [6, 6.07) is 0. The third kappa shape index (κ3) is 3.29. The van der Waals surface area contributed by atoms with Crippen LogP contribution in [0.4, 0.5) is 0 Å². The van der Waals surface area contributed by atoms with Crippen LogP contribution in [-0.2, 0) is 4.74 Å². The van der Waals surface area contributed by atoms with Gasteiger partial charge in [0.1, 0.15) is 0 Å². The molecular weight excluding hydrogens is 150 g/mol. The van der Waals surface area contributed by atoms with E-state index < -0.39 is 17.1 Å². The van der Waals surface area contributed by atoms with Crippen LogP contribution in [0, 0.1) is 10.1 Å². The first kappa shape index (κ1) is 10.3. The van der Waals surface area contributed by atoms with E-state index in [1.807, 2.05) is 13.8 Å². The number of ether oxygens (including phenoxy) is 1.